The van der Waals surface area contributed by atoms with Gasteiger partial charge in [0.1, 0.15) is 4.21 Å². The molecule has 2 N–H and O–H groups in total. The number of benzene rings is 1. The van der Waals surface area contributed by atoms with Gasteiger partial charge in [-0.3, -0.25) is 0 Å². The number of anilines is 2. The van der Waals surface area contributed by atoms with Crippen molar-refractivity contribution in [2.45, 2.75) is 48.7 Å². The monoisotopic (exact) mass is 455 g/mol. The lowest BCUT2D eigenvalue weighted by Crippen LogP contribution is -2.19. The van der Waals surface area contributed by atoms with Crippen LogP contribution in [0.3, 0.4) is 0 Å². The van der Waals surface area contributed by atoms with Gasteiger partial charge >= 0.3 is 0 Å². The molecule has 0 radical (unpaired) electrons. The summed E-state index contributed by atoms with van der Waals surface area (Å²) in [7, 11) is -3.44. The van der Waals surface area contributed by atoms with Gasteiger partial charge in [0.15, 0.2) is 9.84 Å². The molecule has 2 aromatic heterocycles. The van der Waals surface area contributed by atoms with Crippen LogP contribution in [0.15, 0.2) is 52.9 Å². The molecular formula is C23H25N3O3S2. The number of aliphatic hydroxyl groups excluding tert-OH is 1. The smallest absolute Gasteiger partial charge is 0.227 e. The van der Waals surface area contributed by atoms with Crippen LogP contribution in [0.5, 0.6) is 0 Å². The van der Waals surface area contributed by atoms with Gasteiger partial charge in [0.2, 0.25) is 5.95 Å². The van der Waals surface area contributed by atoms with Crippen LogP contribution in [0.4, 0.5) is 11.6 Å². The number of rotatable bonds is 9. The molecule has 0 bridgehead atoms. The first-order chi connectivity index (χ1) is 14.8. The Morgan fingerprint density at radius 2 is 2.06 bits per heavy atom. The van der Waals surface area contributed by atoms with Crippen molar-refractivity contribution in [3.63, 3.8) is 0 Å². The normalized spacial score (nSPS) is 13.4. The fourth-order valence-corrected chi connectivity index (χ4v) is 6.46. The topological polar surface area (TPSA) is 92.2 Å². The summed E-state index contributed by atoms with van der Waals surface area (Å²) in [6.45, 7) is 3.57. The van der Waals surface area contributed by atoms with Crippen molar-refractivity contribution in [3.05, 3.63) is 54.2 Å². The summed E-state index contributed by atoms with van der Waals surface area (Å²) in [4.78, 5) is 9.52. The maximum atomic E-state index is 13.0. The summed E-state index contributed by atoms with van der Waals surface area (Å²) in [5.74, 6) is 2.91. The predicted molar refractivity (Wildman–Crippen MR) is 125 cm³/mol. The number of terminal acetylenes is 1. The van der Waals surface area contributed by atoms with E-state index in [2.05, 4.69) is 21.2 Å². The Hall–Kier alpha value is -2.73. The average Bonchev–Trinajstić information content (AvgIpc) is 3.26. The van der Waals surface area contributed by atoms with Crippen LogP contribution in [-0.2, 0) is 9.84 Å². The van der Waals surface area contributed by atoms with E-state index in [1.165, 1.54) is 11.3 Å². The Bertz CT molecular complexity index is 1180. The van der Waals surface area contributed by atoms with Crippen LogP contribution in [0.25, 0.3) is 10.6 Å². The third-order valence-corrected chi connectivity index (χ3v) is 8.89. The second kappa shape index (κ2) is 10.1. The van der Waals surface area contributed by atoms with Crippen molar-refractivity contribution in [3.8, 4) is 22.9 Å². The second-order valence-corrected chi connectivity index (χ2v) is 10.7. The zero-order valence-corrected chi connectivity index (χ0v) is 19.1. The summed E-state index contributed by atoms with van der Waals surface area (Å²) >= 11 is 1.20. The van der Waals surface area contributed by atoms with Gasteiger partial charge in [0.05, 0.1) is 21.9 Å². The van der Waals surface area contributed by atoms with Crippen LogP contribution in [0, 0.1) is 12.3 Å². The molecule has 2 atom stereocenters. The van der Waals surface area contributed by atoms with Gasteiger partial charge in [0, 0.05) is 18.3 Å². The van der Waals surface area contributed by atoms with E-state index in [0.29, 0.717) is 35.1 Å². The maximum Gasteiger partial charge on any atom is 0.227 e. The van der Waals surface area contributed by atoms with E-state index in [9.17, 15) is 13.5 Å². The number of sulfone groups is 1. The van der Waals surface area contributed by atoms with Gasteiger partial charge in [-0.05, 0) is 55.7 Å². The van der Waals surface area contributed by atoms with Crippen LogP contribution < -0.4 is 5.32 Å². The van der Waals surface area contributed by atoms with Crippen molar-refractivity contribution in [2.75, 3.05) is 5.32 Å². The molecule has 3 rings (SSSR count). The zero-order chi connectivity index (χ0) is 22.4. The summed E-state index contributed by atoms with van der Waals surface area (Å²) < 4.78 is 26.3. The molecule has 2 heterocycles. The molecule has 2 unspecified atom stereocenters. The third kappa shape index (κ3) is 5.50. The Morgan fingerprint density at radius 3 is 2.77 bits per heavy atom. The minimum atomic E-state index is -3.44. The fourth-order valence-electron chi connectivity index (χ4n) is 3.16. The molecule has 0 spiro atoms. The quantitative estimate of drug-likeness (QED) is 0.443. The van der Waals surface area contributed by atoms with Gasteiger partial charge in [-0.15, -0.1) is 23.7 Å². The molecule has 8 heteroatoms. The van der Waals surface area contributed by atoms with E-state index < -0.39 is 21.2 Å². The van der Waals surface area contributed by atoms with Crippen LogP contribution in [0.1, 0.15) is 44.8 Å². The van der Waals surface area contributed by atoms with E-state index in [1.54, 1.807) is 31.3 Å². The van der Waals surface area contributed by atoms with Crippen LogP contribution in [0.2, 0.25) is 0 Å². The molecule has 3 aromatic rings. The molecule has 0 aliphatic heterocycles. The van der Waals surface area contributed by atoms with Crippen molar-refractivity contribution in [2.24, 2.45) is 0 Å². The summed E-state index contributed by atoms with van der Waals surface area (Å²) in [5, 5.41) is 12.4. The van der Waals surface area contributed by atoms with E-state index in [0.717, 1.165) is 16.1 Å². The van der Waals surface area contributed by atoms with Crippen LogP contribution in [-0.4, -0.2) is 28.7 Å². The molecule has 162 valence electrons. The third-order valence-electron chi connectivity index (χ3n) is 4.90. The lowest BCUT2D eigenvalue weighted by Gasteiger charge is -2.13. The van der Waals surface area contributed by atoms with Gasteiger partial charge in [-0.25, -0.2) is 18.4 Å². The Labute approximate surface area is 187 Å². The highest BCUT2D eigenvalue weighted by atomic mass is 32.2. The standard InChI is InChI=1S/C23H25N3O3S2/c1-4-6-10-19(5-2)31(28,29)22-12-11-21(30-22)20-13-14-24-23(26-20)25-18-9-7-8-17(15-18)16(3)27/h1,7-9,11-16,19,27H,5-6,10H2,2-3H3,(H,24,25,26). The molecule has 0 saturated heterocycles. The Balaban J connectivity index is 1.83. The number of hydrogen-bond donors (Lipinski definition) is 2. The Kier molecular flexibility index (Phi) is 7.44. The summed E-state index contributed by atoms with van der Waals surface area (Å²) in [6, 6.07) is 12.5. The molecule has 0 saturated carbocycles. The minimum absolute atomic E-state index is 0.323. The van der Waals surface area contributed by atoms with Crippen LogP contribution >= 0.6 is 11.3 Å². The lowest BCUT2D eigenvalue weighted by atomic mass is 10.1. The van der Waals surface area contributed by atoms with E-state index in [-0.39, 0.29) is 0 Å². The molecule has 0 fully saturated rings. The summed E-state index contributed by atoms with van der Waals surface area (Å²) in [6.07, 6.45) is 7.77. The van der Waals surface area contributed by atoms with Crippen molar-refractivity contribution in [1.82, 2.24) is 9.97 Å². The van der Waals surface area contributed by atoms with Gasteiger partial charge in [0.25, 0.3) is 0 Å². The molecule has 0 aliphatic carbocycles. The zero-order valence-electron chi connectivity index (χ0n) is 17.4. The largest absolute Gasteiger partial charge is 0.389 e. The fraction of sp³-hybridized carbons (Fsp3) is 0.304. The first-order valence-corrected chi connectivity index (χ1v) is 12.4. The number of aromatic nitrogens is 2. The van der Waals surface area contributed by atoms with E-state index in [4.69, 9.17) is 6.42 Å². The molecule has 0 aliphatic rings. The lowest BCUT2D eigenvalue weighted by molar-refractivity contribution is 0.199. The second-order valence-electron chi connectivity index (χ2n) is 7.13. The van der Waals surface area contributed by atoms with E-state index >= 15 is 0 Å². The van der Waals surface area contributed by atoms with Crippen molar-refractivity contribution < 1.29 is 13.5 Å². The Morgan fingerprint density at radius 1 is 1.26 bits per heavy atom. The van der Waals surface area contributed by atoms with Gasteiger partial charge in [-0.1, -0.05) is 19.1 Å². The highest BCUT2D eigenvalue weighted by Gasteiger charge is 2.27. The SMILES string of the molecule is C#CCCC(CC)S(=O)(=O)c1ccc(-c2ccnc(Nc3cccc(C(C)O)c3)n2)s1. The summed E-state index contributed by atoms with van der Waals surface area (Å²) in [5.41, 5.74) is 2.17. The van der Waals surface area contributed by atoms with Gasteiger partial charge in [-0.2, -0.15) is 0 Å². The van der Waals surface area contributed by atoms with Crippen molar-refractivity contribution in [1.29, 1.82) is 0 Å². The number of nitrogens with zero attached hydrogens (tertiary/aromatic N) is 2. The molecule has 6 nitrogen and oxygen atoms in total. The molecular weight excluding hydrogens is 430 g/mol. The van der Waals surface area contributed by atoms with Gasteiger partial charge < -0.3 is 10.4 Å². The number of aliphatic hydroxyl groups is 1. The maximum absolute atomic E-state index is 13.0. The first kappa shape index (κ1) is 22.9. The first-order valence-electron chi connectivity index (χ1n) is 10.0. The highest BCUT2D eigenvalue weighted by Crippen LogP contribution is 2.33. The molecule has 0 amide bonds. The minimum Gasteiger partial charge on any atom is -0.389 e. The number of hydrogen-bond acceptors (Lipinski definition) is 7. The molecule has 1 aromatic carbocycles. The average molecular weight is 456 g/mol. The number of nitrogens with one attached hydrogen (secondary N) is 1. The highest BCUT2D eigenvalue weighted by molar-refractivity contribution is 7.94. The predicted octanol–water partition coefficient (Wildman–Crippen LogP) is 4.97. The van der Waals surface area contributed by atoms with E-state index in [1.807, 2.05) is 31.2 Å². The number of thiophene rings is 1. The van der Waals surface area contributed by atoms with Crippen molar-refractivity contribution >= 4 is 32.8 Å². The molecule has 31 heavy (non-hydrogen) atoms.